The summed E-state index contributed by atoms with van der Waals surface area (Å²) in [6, 6.07) is 0. The lowest BCUT2D eigenvalue weighted by molar-refractivity contribution is -0.128. The van der Waals surface area contributed by atoms with Gasteiger partial charge >= 0.3 is 0 Å². The van der Waals surface area contributed by atoms with Gasteiger partial charge in [0, 0.05) is 6.54 Å². The molecule has 0 saturated heterocycles. The quantitative estimate of drug-likeness (QED) is 0.717. The monoisotopic (exact) mass is 256 g/mol. The molecule has 1 aliphatic carbocycles. The topological polar surface area (TPSA) is 55.1 Å². The van der Waals surface area contributed by atoms with Crippen LogP contribution in [0, 0.1) is 10.8 Å². The molecule has 0 atom stereocenters. The molecular weight excluding hydrogens is 232 g/mol. The maximum atomic E-state index is 12.3. The number of nitrogens with two attached hydrogens (primary N) is 1. The van der Waals surface area contributed by atoms with Gasteiger partial charge in [-0.05, 0) is 31.1 Å². The number of thiocarbonyl (C=S) groups is 1. The molecule has 0 unspecified atom stereocenters. The van der Waals surface area contributed by atoms with Crippen LogP contribution in [-0.4, -0.2) is 17.4 Å². The van der Waals surface area contributed by atoms with Gasteiger partial charge in [-0.3, -0.25) is 4.79 Å². The maximum absolute atomic E-state index is 12.3. The Bertz CT molecular complexity index is 307. The Kier molecular flexibility index (Phi) is 4.53. The Morgan fingerprint density at radius 2 is 1.94 bits per heavy atom. The van der Waals surface area contributed by atoms with Crippen LogP contribution in [0.4, 0.5) is 0 Å². The molecule has 0 spiro atoms. The van der Waals surface area contributed by atoms with Crippen molar-refractivity contribution in [3.05, 3.63) is 0 Å². The van der Waals surface area contributed by atoms with Crippen molar-refractivity contribution in [3.63, 3.8) is 0 Å². The summed E-state index contributed by atoms with van der Waals surface area (Å²) in [6.45, 7) is 6.90. The highest BCUT2D eigenvalue weighted by molar-refractivity contribution is 7.80. The molecule has 4 heteroatoms. The molecular formula is C13H24N2OS. The molecule has 0 bridgehead atoms. The summed E-state index contributed by atoms with van der Waals surface area (Å²) in [5.41, 5.74) is 5.38. The van der Waals surface area contributed by atoms with Gasteiger partial charge in [-0.25, -0.2) is 0 Å². The molecule has 1 rings (SSSR count). The summed E-state index contributed by atoms with van der Waals surface area (Å²) < 4.78 is 0. The molecule has 17 heavy (non-hydrogen) atoms. The minimum atomic E-state index is -0.657. The van der Waals surface area contributed by atoms with E-state index in [9.17, 15) is 4.79 Å². The van der Waals surface area contributed by atoms with Gasteiger partial charge in [0.1, 0.15) is 0 Å². The molecule has 0 radical (unpaired) electrons. The molecule has 3 N–H and O–H groups in total. The largest absolute Gasteiger partial charge is 0.392 e. The lowest BCUT2D eigenvalue weighted by Crippen LogP contribution is -2.51. The highest BCUT2D eigenvalue weighted by Gasteiger charge is 2.39. The average Bonchev–Trinajstić information content (AvgIpc) is 2.25. The Balaban J connectivity index is 2.62. The molecule has 1 aliphatic rings. The van der Waals surface area contributed by atoms with Crippen LogP contribution in [0.25, 0.3) is 0 Å². The van der Waals surface area contributed by atoms with Crippen molar-refractivity contribution in [2.45, 2.75) is 52.9 Å². The fraction of sp³-hybridized carbons (Fsp3) is 0.846. The van der Waals surface area contributed by atoms with Crippen molar-refractivity contribution in [3.8, 4) is 0 Å². The Labute approximate surface area is 110 Å². The molecule has 0 heterocycles. The third kappa shape index (κ3) is 2.79. The SMILES string of the molecule is CCC(CC)(C(=O)NCC1(C)CCC1)C(N)=S. The van der Waals surface area contributed by atoms with Crippen molar-refractivity contribution < 1.29 is 4.79 Å². The lowest BCUT2D eigenvalue weighted by atomic mass is 9.70. The zero-order valence-corrected chi connectivity index (χ0v) is 12.0. The Morgan fingerprint density at radius 1 is 1.41 bits per heavy atom. The first-order valence-corrected chi connectivity index (χ1v) is 6.89. The van der Waals surface area contributed by atoms with E-state index in [-0.39, 0.29) is 5.91 Å². The predicted molar refractivity (Wildman–Crippen MR) is 74.8 cm³/mol. The molecule has 0 aliphatic heterocycles. The van der Waals surface area contributed by atoms with Crippen LogP contribution in [0.1, 0.15) is 52.9 Å². The number of amides is 1. The summed E-state index contributed by atoms with van der Waals surface area (Å²) in [5.74, 6) is 0.00289. The van der Waals surface area contributed by atoms with Crippen molar-refractivity contribution in [1.29, 1.82) is 0 Å². The molecule has 1 saturated carbocycles. The van der Waals surface area contributed by atoms with Crippen LogP contribution in [0.5, 0.6) is 0 Å². The van der Waals surface area contributed by atoms with Gasteiger partial charge in [0.2, 0.25) is 5.91 Å². The van der Waals surface area contributed by atoms with Crippen LogP contribution in [0.15, 0.2) is 0 Å². The van der Waals surface area contributed by atoms with Gasteiger partial charge in [-0.15, -0.1) is 0 Å². The van der Waals surface area contributed by atoms with Gasteiger partial charge in [0.25, 0.3) is 0 Å². The zero-order chi connectivity index (χ0) is 13.1. The van der Waals surface area contributed by atoms with Gasteiger partial charge in [0.15, 0.2) is 0 Å². The third-order valence-electron chi connectivity index (χ3n) is 4.35. The summed E-state index contributed by atoms with van der Waals surface area (Å²) in [6.07, 6.45) is 5.01. The number of carbonyl (C=O) groups is 1. The van der Waals surface area contributed by atoms with Crippen molar-refractivity contribution in [1.82, 2.24) is 5.32 Å². The molecule has 0 aromatic heterocycles. The van der Waals surface area contributed by atoms with E-state index in [1.54, 1.807) is 0 Å². The number of hydrogen-bond acceptors (Lipinski definition) is 2. The zero-order valence-electron chi connectivity index (χ0n) is 11.1. The molecule has 98 valence electrons. The van der Waals surface area contributed by atoms with E-state index in [1.165, 1.54) is 19.3 Å². The normalized spacial score (nSPS) is 18.3. The lowest BCUT2D eigenvalue weighted by Gasteiger charge is -2.39. The molecule has 1 fully saturated rings. The van der Waals surface area contributed by atoms with E-state index in [4.69, 9.17) is 18.0 Å². The Morgan fingerprint density at radius 3 is 2.24 bits per heavy atom. The second-order valence-electron chi connectivity index (χ2n) is 5.50. The van der Waals surface area contributed by atoms with Gasteiger partial charge in [-0.1, -0.05) is 39.4 Å². The van der Waals surface area contributed by atoms with E-state index in [1.807, 2.05) is 13.8 Å². The van der Waals surface area contributed by atoms with E-state index in [0.717, 1.165) is 6.54 Å². The number of carbonyl (C=O) groups excluding carboxylic acids is 1. The van der Waals surface area contributed by atoms with Crippen molar-refractivity contribution in [2.24, 2.45) is 16.6 Å². The van der Waals surface area contributed by atoms with Crippen LogP contribution >= 0.6 is 12.2 Å². The van der Waals surface area contributed by atoms with Crippen molar-refractivity contribution >= 4 is 23.1 Å². The molecule has 3 nitrogen and oxygen atoms in total. The second kappa shape index (κ2) is 5.34. The van der Waals surface area contributed by atoms with Crippen molar-refractivity contribution in [2.75, 3.05) is 6.54 Å². The average molecular weight is 256 g/mol. The highest BCUT2D eigenvalue weighted by atomic mass is 32.1. The van der Waals surface area contributed by atoms with Crippen LogP contribution < -0.4 is 11.1 Å². The van der Waals surface area contributed by atoms with E-state index in [2.05, 4.69) is 12.2 Å². The Hall–Kier alpha value is -0.640. The smallest absolute Gasteiger partial charge is 0.233 e. The predicted octanol–water partition coefficient (Wildman–Crippen LogP) is 2.39. The fourth-order valence-corrected chi connectivity index (χ4v) is 2.83. The maximum Gasteiger partial charge on any atom is 0.233 e. The molecule has 0 aromatic rings. The number of hydrogen-bond donors (Lipinski definition) is 2. The number of nitrogens with one attached hydrogen (secondary N) is 1. The van der Waals surface area contributed by atoms with E-state index >= 15 is 0 Å². The van der Waals surface area contributed by atoms with Crippen LogP contribution in [0.3, 0.4) is 0 Å². The minimum absolute atomic E-state index is 0.00289. The van der Waals surface area contributed by atoms with Gasteiger partial charge in [0.05, 0.1) is 10.4 Å². The number of rotatable bonds is 6. The molecule has 1 amide bonds. The summed E-state index contributed by atoms with van der Waals surface area (Å²) in [4.78, 5) is 12.6. The summed E-state index contributed by atoms with van der Waals surface area (Å²) in [5, 5.41) is 3.04. The fourth-order valence-electron chi connectivity index (χ4n) is 2.45. The van der Waals surface area contributed by atoms with Crippen LogP contribution in [0.2, 0.25) is 0 Å². The van der Waals surface area contributed by atoms with E-state index in [0.29, 0.717) is 23.2 Å². The molecule has 0 aromatic carbocycles. The first-order chi connectivity index (χ1) is 7.90. The van der Waals surface area contributed by atoms with Gasteiger partial charge in [-0.2, -0.15) is 0 Å². The summed E-state index contributed by atoms with van der Waals surface area (Å²) >= 11 is 5.07. The van der Waals surface area contributed by atoms with Gasteiger partial charge < -0.3 is 11.1 Å². The van der Waals surface area contributed by atoms with E-state index < -0.39 is 5.41 Å². The summed E-state index contributed by atoms with van der Waals surface area (Å²) in [7, 11) is 0. The highest BCUT2D eigenvalue weighted by Crippen LogP contribution is 2.39. The van der Waals surface area contributed by atoms with Crippen LogP contribution in [-0.2, 0) is 4.79 Å². The first kappa shape index (κ1) is 14.4. The second-order valence-corrected chi connectivity index (χ2v) is 5.94. The first-order valence-electron chi connectivity index (χ1n) is 6.48. The minimum Gasteiger partial charge on any atom is -0.392 e. The standard InChI is InChI=1S/C13H24N2OS/c1-4-13(5-2,10(14)17)11(16)15-9-12(3)7-6-8-12/h4-9H2,1-3H3,(H2,14,17)(H,15,16). The third-order valence-corrected chi connectivity index (χ3v) is 4.74.